The first-order valence-corrected chi connectivity index (χ1v) is 10.4. The van der Waals surface area contributed by atoms with Gasteiger partial charge in [0.1, 0.15) is 0 Å². The maximum Gasteiger partial charge on any atom is 0.231 e. The van der Waals surface area contributed by atoms with E-state index in [2.05, 4.69) is 22.4 Å². The van der Waals surface area contributed by atoms with Crippen LogP contribution in [0.15, 0.2) is 41.4 Å². The lowest BCUT2D eigenvalue weighted by molar-refractivity contribution is 0.0513. The van der Waals surface area contributed by atoms with Crippen molar-refractivity contribution < 1.29 is 23.7 Å². The third-order valence-corrected chi connectivity index (χ3v) is 5.92. The molecule has 0 bridgehead atoms. The number of nitrogens with one attached hydrogen (secondary N) is 1. The Morgan fingerprint density at radius 2 is 1.78 bits per heavy atom. The molecular formula is C23H30IN3O5. The summed E-state index contributed by atoms with van der Waals surface area (Å²) in [5.41, 5.74) is 8.27. The molecule has 0 spiro atoms. The lowest BCUT2D eigenvalue weighted by Crippen LogP contribution is -2.46. The number of guanidine groups is 1. The van der Waals surface area contributed by atoms with Gasteiger partial charge in [-0.25, -0.2) is 4.99 Å². The van der Waals surface area contributed by atoms with E-state index in [0.29, 0.717) is 43.8 Å². The zero-order valence-electron chi connectivity index (χ0n) is 18.4. The van der Waals surface area contributed by atoms with Gasteiger partial charge in [-0.15, -0.1) is 24.0 Å². The Labute approximate surface area is 205 Å². The van der Waals surface area contributed by atoms with Gasteiger partial charge in [0.05, 0.1) is 20.8 Å². The summed E-state index contributed by atoms with van der Waals surface area (Å²) in [6.45, 7) is 2.79. The Hall–Kier alpha value is -2.40. The molecule has 8 nitrogen and oxygen atoms in total. The van der Waals surface area contributed by atoms with E-state index in [1.54, 1.807) is 14.2 Å². The fraction of sp³-hybridized carbons (Fsp3) is 0.435. The van der Waals surface area contributed by atoms with Crippen LogP contribution in [0.2, 0.25) is 0 Å². The molecule has 2 aromatic rings. The van der Waals surface area contributed by atoms with Crippen molar-refractivity contribution in [1.29, 1.82) is 0 Å². The summed E-state index contributed by atoms with van der Waals surface area (Å²) in [5, 5.41) is 3.32. The highest BCUT2D eigenvalue weighted by molar-refractivity contribution is 14.0. The van der Waals surface area contributed by atoms with Crippen LogP contribution in [0, 0.1) is 0 Å². The number of benzene rings is 2. The van der Waals surface area contributed by atoms with E-state index in [1.807, 2.05) is 24.3 Å². The quantitative estimate of drug-likeness (QED) is 0.308. The van der Waals surface area contributed by atoms with E-state index in [1.165, 1.54) is 5.56 Å². The van der Waals surface area contributed by atoms with Crippen LogP contribution in [0.1, 0.15) is 24.0 Å². The van der Waals surface area contributed by atoms with Crippen molar-refractivity contribution in [2.24, 2.45) is 10.7 Å². The SMILES string of the molecule is COc1ccc(CN=C(N)NCC2(c3ccc4c(c3)OCO4)CCOCC2)cc1OC.I. The van der Waals surface area contributed by atoms with Crippen LogP contribution >= 0.6 is 24.0 Å². The number of nitrogens with two attached hydrogens (primary N) is 1. The molecule has 1 fully saturated rings. The van der Waals surface area contributed by atoms with Crippen LogP contribution in [0.3, 0.4) is 0 Å². The number of hydrogen-bond acceptors (Lipinski definition) is 6. The Kier molecular flexibility index (Phi) is 8.30. The smallest absolute Gasteiger partial charge is 0.231 e. The number of rotatable bonds is 7. The lowest BCUT2D eigenvalue weighted by atomic mass is 9.74. The van der Waals surface area contributed by atoms with E-state index in [0.717, 1.165) is 29.9 Å². The number of fused-ring (bicyclic) bond motifs is 1. The minimum atomic E-state index is -0.108. The number of methoxy groups -OCH3 is 2. The molecule has 3 N–H and O–H groups in total. The van der Waals surface area contributed by atoms with Crippen molar-refractivity contribution in [3.05, 3.63) is 47.5 Å². The molecule has 32 heavy (non-hydrogen) atoms. The monoisotopic (exact) mass is 555 g/mol. The first-order chi connectivity index (χ1) is 15.1. The van der Waals surface area contributed by atoms with Gasteiger partial charge in [-0.2, -0.15) is 0 Å². The molecule has 2 aliphatic rings. The molecule has 0 aromatic heterocycles. The molecule has 0 saturated carbocycles. The van der Waals surface area contributed by atoms with Crippen LogP contribution < -0.4 is 30.0 Å². The summed E-state index contributed by atoms with van der Waals surface area (Å²) >= 11 is 0. The number of nitrogens with zero attached hydrogens (tertiary/aromatic N) is 1. The molecule has 2 heterocycles. The zero-order chi connectivity index (χ0) is 21.7. The molecule has 174 valence electrons. The second-order valence-corrected chi connectivity index (χ2v) is 7.71. The second-order valence-electron chi connectivity index (χ2n) is 7.71. The fourth-order valence-electron chi connectivity index (χ4n) is 4.03. The second kappa shape index (κ2) is 11.0. The molecule has 1 saturated heterocycles. The minimum Gasteiger partial charge on any atom is -0.493 e. The van der Waals surface area contributed by atoms with E-state index < -0.39 is 0 Å². The molecule has 4 rings (SSSR count). The van der Waals surface area contributed by atoms with E-state index in [-0.39, 0.29) is 36.2 Å². The molecule has 0 radical (unpaired) electrons. The molecular weight excluding hydrogens is 525 g/mol. The van der Waals surface area contributed by atoms with Crippen LogP contribution in [0.4, 0.5) is 0 Å². The number of aliphatic imine (C=N–C) groups is 1. The Morgan fingerprint density at radius 1 is 1.03 bits per heavy atom. The van der Waals surface area contributed by atoms with Gasteiger partial charge >= 0.3 is 0 Å². The Bertz CT molecular complexity index is 947. The van der Waals surface area contributed by atoms with Crippen LogP contribution in [-0.2, 0) is 16.7 Å². The summed E-state index contributed by atoms with van der Waals surface area (Å²) in [5.74, 6) is 3.34. The van der Waals surface area contributed by atoms with Gasteiger partial charge in [0.2, 0.25) is 6.79 Å². The summed E-state index contributed by atoms with van der Waals surface area (Å²) in [6, 6.07) is 11.9. The van der Waals surface area contributed by atoms with Gasteiger partial charge in [-0.3, -0.25) is 0 Å². The lowest BCUT2D eigenvalue weighted by Gasteiger charge is -2.38. The molecule has 9 heteroatoms. The Balaban J connectivity index is 0.00000289. The Morgan fingerprint density at radius 3 is 2.53 bits per heavy atom. The first kappa shape index (κ1) is 24.2. The normalized spacial score (nSPS) is 16.8. The summed E-state index contributed by atoms with van der Waals surface area (Å²) in [4.78, 5) is 4.50. The molecule has 0 unspecified atom stereocenters. The molecule has 0 atom stereocenters. The van der Waals surface area contributed by atoms with Gasteiger partial charge in [0.25, 0.3) is 0 Å². The maximum atomic E-state index is 6.20. The molecule has 0 aliphatic carbocycles. The average molecular weight is 555 g/mol. The van der Waals surface area contributed by atoms with Crippen molar-refractivity contribution in [2.45, 2.75) is 24.8 Å². The highest BCUT2D eigenvalue weighted by Gasteiger charge is 2.35. The van der Waals surface area contributed by atoms with Gasteiger partial charge in [0.15, 0.2) is 29.0 Å². The van der Waals surface area contributed by atoms with Crippen LogP contribution in [0.25, 0.3) is 0 Å². The van der Waals surface area contributed by atoms with Gasteiger partial charge < -0.3 is 34.7 Å². The van der Waals surface area contributed by atoms with Crippen LogP contribution in [-0.4, -0.2) is 46.7 Å². The van der Waals surface area contributed by atoms with Gasteiger partial charge in [-0.1, -0.05) is 12.1 Å². The molecule has 2 aromatic carbocycles. The van der Waals surface area contributed by atoms with E-state index in [9.17, 15) is 0 Å². The topological polar surface area (TPSA) is 96.6 Å². The summed E-state index contributed by atoms with van der Waals surface area (Å²) < 4.78 is 27.3. The number of halogens is 1. The van der Waals surface area contributed by atoms with Crippen LogP contribution in [0.5, 0.6) is 23.0 Å². The van der Waals surface area contributed by atoms with E-state index in [4.69, 9.17) is 29.4 Å². The molecule has 0 amide bonds. The van der Waals surface area contributed by atoms with E-state index >= 15 is 0 Å². The van der Waals surface area contributed by atoms with Crippen molar-refractivity contribution in [1.82, 2.24) is 5.32 Å². The largest absolute Gasteiger partial charge is 0.493 e. The van der Waals surface area contributed by atoms with Crippen molar-refractivity contribution >= 4 is 29.9 Å². The summed E-state index contributed by atoms with van der Waals surface area (Å²) in [7, 11) is 3.23. The highest BCUT2D eigenvalue weighted by Crippen LogP contribution is 2.40. The third-order valence-electron chi connectivity index (χ3n) is 5.92. The maximum absolute atomic E-state index is 6.20. The summed E-state index contributed by atoms with van der Waals surface area (Å²) in [6.07, 6.45) is 1.78. The molecule has 2 aliphatic heterocycles. The van der Waals surface area contributed by atoms with Crippen molar-refractivity contribution in [3.8, 4) is 23.0 Å². The fourth-order valence-corrected chi connectivity index (χ4v) is 4.03. The van der Waals surface area contributed by atoms with Gasteiger partial charge in [0, 0.05) is 25.2 Å². The predicted octanol–water partition coefficient (Wildman–Crippen LogP) is 3.20. The highest BCUT2D eigenvalue weighted by atomic mass is 127. The van der Waals surface area contributed by atoms with Crippen molar-refractivity contribution in [2.75, 3.05) is 40.8 Å². The van der Waals surface area contributed by atoms with Crippen molar-refractivity contribution in [3.63, 3.8) is 0 Å². The number of hydrogen-bond donors (Lipinski definition) is 2. The third kappa shape index (κ3) is 5.32. The minimum absolute atomic E-state index is 0. The standard InChI is InChI=1S/C23H29N3O5.HI/c1-27-18-5-3-16(11-20(18)28-2)13-25-22(24)26-14-23(7-9-29-10-8-23)17-4-6-19-21(12-17)31-15-30-19;/h3-6,11-12H,7-10,13-15H2,1-2H3,(H3,24,25,26);1H. The zero-order valence-corrected chi connectivity index (χ0v) is 20.7. The average Bonchev–Trinajstić information content (AvgIpc) is 3.30. The predicted molar refractivity (Wildman–Crippen MR) is 133 cm³/mol. The first-order valence-electron chi connectivity index (χ1n) is 10.4. The van der Waals surface area contributed by atoms with Gasteiger partial charge in [-0.05, 0) is 48.2 Å². The number of ether oxygens (including phenoxy) is 5.